The fourth-order valence-electron chi connectivity index (χ4n) is 3.57. The van der Waals surface area contributed by atoms with E-state index in [1.165, 1.54) is 11.1 Å². The van der Waals surface area contributed by atoms with Crippen molar-refractivity contribution in [1.29, 1.82) is 0 Å². The molecule has 31 heavy (non-hydrogen) atoms. The monoisotopic (exact) mass is 438 g/mol. The molecule has 0 unspecified atom stereocenters. The van der Waals surface area contributed by atoms with Gasteiger partial charge in [-0.3, -0.25) is 14.5 Å². The highest BCUT2D eigenvalue weighted by Gasteiger charge is 2.38. The molecule has 0 radical (unpaired) electrons. The van der Waals surface area contributed by atoms with Gasteiger partial charge in [0, 0.05) is 29.6 Å². The Bertz CT molecular complexity index is 1010. The van der Waals surface area contributed by atoms with Gasteiger partial charge in [-0.25, -0.2) is 4.79 Å². The number of pyridine rings is 1. The van der Waals surface area contributed by atoms with Gasteiger partial charge >= 0.3 is 12.1 Å². The molecule has 168 valence electrons. The summed E-state index contributed by atoms with van der Waals surface area (Å²) in [6.45, 7) is 8.18. The second kappa shape index (κ2) is 8.32. The Hall–Kier alpha value is -2.91. The smallest absolute Gasteiger partial charge is 0.475 e. The van der Waals surface area contributed by atoms with Crippen molar-refractivity contribution in [3.63, 3.8) is 0 Å². The van der Waals surface area contributed by atoms with Crippen LogP contribution in [-0.4, -0.2) is 44.5 Å². The highest BCUT2D eigenvalue weighted by atomic mass is 19.4. The minimum absolute atomic E-state index is 0.0143. The van der Waals surface area contributed by atoms with Gasteiger partial charge in [0.25, 0.3) is 5.91 Å². The first kappa shape index (κ1) is 22.8. The lowest BCUT2D eigenvalue weighted by atomic mass is 9.87. The average Bonchev–Trinajstić information content (AvgIpc) is 3.06. The number of amides is 1. The summed E-state index contributed by atoms with van der Waals surface area (Å²) in [5.74, 6) is -2.74. The lowest BCUT2D eigenvalue weighted by Crippen LogP contribution is -2.36. The van der Waals surface area contributed by atoms with Gasteiger partial charge in [0.15, 0.2) is 0 Å². The summed E-state index contributed by atoms with van der Waals surface area (Å²) in [7, 11) is 0. The molecule has 2 N–H and O–H groups in total. The van der Waals surface area contributed by atoms with E-state index in [1.807, 2.05) is 10.9 Å². The second-order valence-corrected chi connectivity index (χ2v) is 8.85. The fraction of sp³-hybridized carbons (Fsp3) is 0.524. The molecule has 4 rings (SSSR count). The highest BCUT2D eigenvalue weighted by molar-refractivity contribution is 5.96. The Morgan fingerprint density at radius 2 is 1.94 bits per heavy atom. The SMILES string of the molecule is CC(C)(C)CCc1cc2c(cn1)CCc1c-2nn2c1C(=O)NCC2.O=C(O)C(F)(F)F. The van der Waals surface area contributed by atoms with Crippen LogP contribution in [0.1, 0.15) is 54.5 Å². The summed E-state index contributed by atoms with van der Waals surface area (Å²) in [5.41, 5.74) is 6.69. The number of hydrogen-bond donors (Lipinski definition) is 2. The Morgan fingerprint density at radius 1 is 1.26 bits per heavy atom. The van der Waals surface area contributed by atoms with Gasteiger partial charge in [0.05, 0.1) is 12.2 Å². The number of carbonyl (C=O) groups excluding carboxylic acids is 1. The van der Waals surface area contributed by atoms with Crippen LogP contribution in [0.25, 0.3) is 11.3 Å². The molecule has 0 saturated heterocycles. The number of carbonyl (C=O) groups is 2. The molecule has 2 aromatic rings. The van der Waals surface area contributed by atoms with E-state index in [0.717, 1.165) is 54.9 Å². The van der Waals surface area contributed by atoms with Crippen LogP contribution in [0.4, 0.5) is 13.2 Å². The third-order valence-electron chi connectivity index (χ3n) is 5.19. The van der Waals surface area contributed by atoms with Crippen molar-refractivity contribution in [1.82, 2.24) is 20.1 Å². The predicted octanol–water partition coefficient (Wildman–Crippen LogP) is 3.40. The quantitative estimate of drug-likeness (QED) is 0.749. The van der Waals surface area contributed by atoms with Crippen LogP contribution >= 0.6 is 0 Å². The van der Waals surface area contributed by atoms with Crippen LogP contribution in [0.2, 0.25) is 0 Å². The number of alkyl halides is 3. The first-order valence-electron chi connectivity index (χ1n) is 10.0. The van der Waals surface area contributed by atoms with E-state index in [0.29, 0.717) is 12.0 Å². The van der Waals surface area contributed by atoms with Crippen molar-refractivity contribution in [3.05, 3.63) is 34.8 Å². The molecule has 7 nitrogen and oxygen atoms in total. The molecule has 0 atom stereocenters. The standard InChI is InChI=1S/C19H24N4O.C2HF3O2/c1-19(2,3)7-6-13-10-15-12(11-21-13)4-5-14-16(15)22-23-9-8-20-18(24)17(14)23;3-2(4,5)1(6)7/h10-11H,4-9H2,1-3H3,(H,20,24);(H,6,7). The summed E-state index contributed by atoms with van der Waals surface area (Å²) >= 11 is 0. The fourth-order valence-corrected chi connectivity index (χ4v) is 3.57. The molecule has 1 amide bonds. The number of nitrogens with one attached hydrogen (secondary N) is 1. The van der Waals surface area contributed by atoms with Crippen LogP contribution < -0.4 is 5.32 Å². The van der Waals surface area contributed by atoms with E-state index < -0.39 is 12.1 Å². The Kier molecular flexibility index (Phi) is 6.11. The number of nitrogens with zero attached hydrogens (tertiary/aromatic N) is 3. The molecule has 1 aliphatic heterocycles. The number of fused-ring (bicyclic) bond motifs is 5. The number of aliphatic carboxylic acids is 1. The Labute approximate surface area is 177 Å². The molecule has 0 bridgehead atoms. The number of aryl methyl sites for hydroxylation is 2. The first-order valence-corrected chi connectivity index (χ1v) is 10.0. The van der Waals surface area contributed by atoms with Crippen molar-refractivity contribution in [2.75, 3.05) is 6.54 Å². The zero-order valence-corrected chi connectivity index (χ0v) is 17.6. The number of halogens is 3. The van der Waals surface area contributed by atoms with Gasteiger partial charge in [0.1, 0.15) is 5.69 Å². The lowest BCUT2D eigenvalue weighted by Gasteiger charge is -2.19. The second-order valence-electron chi connectivity index (χ2n) is 8.85. The van der Waals surface area contributed by atoms with E-state index >= 15 is 0 Å². The van der Waals surface area contributed by atoms with Gasteiger partial charge in [-0.05, 0) is 42.7 Å². The molecular formula is C21H25F3N4O3. The van der Waals surface area contributed by atoms with Crippen molar-refractivity contribution in [2.45, 2.75) is 59.2 Å². The molecule has 10 heteroatoms. The van der Waals surface area contributed by atoms with Crippen LogP contribution in [0.5, 0.6) is 0 Å². The summed E-state index contributed by atoms with van der Waals surface area (Å²) in [5, 5.41) is 14.8. The van der Waals surface area contributed by atoms with Crippen molar-refractivity contribution in [3.8, 4) is 11.3 Å². The summed E-state index contributed by atoms with van der Waals surface area (Å²) < 4.78 is 33.6. The first-order chi connectivity index (χ1) is 14.4. The third kappa shape index (κ3) is 5.23. The minimum atomic E-state index is -5.08. The van der Waals surface area contributed by atoms with Crippen LogP contribution in [0.3, 0.4) is 0 Å². The van der Waals surface area contributed by atoms with E-state index in [2.05, 4.69) is 37.1 Å². The number of rotatable bonds is 2. The number of carboxylic acid groups (broad SMARTS) is 1. The molecule has 1 aliphatic carbocycles. The summed E-state index contributed by atoms with van der Waals surface area (Å²) in [6, 6.07) is 2.19. The van der Waals surface area contributed by atoms with Gasteiger partial charge in [0.2, 0.25) is 0 Å². The van der Waals surface area contributed by atoms with Crippen molar-refractivity contribution < 1.29 is 27.9 Å². The maximum absolute atomic E-state index is 12.2. The zero-order valence-electron chi connectivity index (χ0n) is 17.6. The van der Waals surface area contributed by atoms with Gasteiger partial charge in [-0.2, -0.15) is 18.3 Å². The molecule has 0 saturated carbocycles. The maximum atomic E-state index is 12.2. The lowest BCUT2D eigenvalue weighted by molar-refractivity contribution is -0.192. The van der Waals surface area contributed by atoms with Crippen LogP contribution in [0, 0.1) is 5.41 Å². The van der Waals surface area contributed by atoms with Crippen molar-refractivity contribution in [2.24, 2.45) is 5.41 Å². The third-order valence-corrected chi connectivity index (χ3v) is 5.19. The molecule has 0 fully saturated rings. The normalized spacial score (nSPS) is 15.1. The van der Waals surface area contributed by atoms with Crippen LogP contribution in [0.15, 0.2) is 12.3 Å². The zero-order chi connectivity index (χ0) is 23.0. The molecular weight excluding hydrogens is 413 g/mol. The van der Waals surface area contributed by atoms with E-state index in [4.69, 9.17) is 15.0 Å². The number of aromatic nitrogens is 3. The number of hydrogen-bond acceptors (Lipinski definition) is 4. The molecule has 2 aliphatic rings. The largest absolute Gasteiger partial charge is 0.490 e. The maximum Gasteiger partial charge on any atom is 0.490 e. The minimum Gasteiger partial charge on any atom is -0.475 e. The average molecular weight is 438 g/mol. The predicted molar refractivity (Wildman–Crippen MR) is 107 cm³/mol. The van der Waals surface area contributed by atoms with Crippen LogP contribution in [-0.2, 0) is 30.6 Å². The van der Waals surface area contributed by atoms with Gasteiger partial charge < -0.3 is 10.4 Å². The van der Waals surface area contributed by atoms with E-state index in [9.17, 15) is 18.0 Å². The topological polar surface area (TPSA) is 97.1 Å². The molecule has 0 spiro atoms. The highest BCUT2D eigenvalue weighted by Crippen LogP contribution is 2.35. The number of carboxylic acids is 1. The molecule has 0 aromatic carbocycles. The summed E-state index contributed by atoms with van der Waals surface area (Å²) in [6.07, 6.45) is 0.803. The molecule has 3 heterocycles. The van der Waals surface area contributed by atoms with Crippen molar-refractivity contribution >= 4 is 11.9 Å². The van der Waals surface area contributed by atoms with Gasteiger partial charge in [-0.15, -0.1) is 0 Å². The van der Waals surface area contributed by atoms with E-state index in [-0.39, 0.29) is 5.91 Å². The molecule has 2 aromatic heterocycles. The van der Waals surface area contributed by atoms with Gasteiger partial charge in [-0.1, -0.05) is 20.8 Å². The Balaban J connectivity index is 0.000000339. The Morgan fingerprint density at radius 3 is 2.55 bits per heavy atom. The summed E-state index contributed by atoms with van der Waals surface area (Å²) in [4.78, 5) is 25.8. The van der Waals surface area contributed by atoms with E-state index in [1.54, 1.807) is 0 Å².